The number of nitrogens with one attached hydrogen (secondary N) is 1. The molecule has 0 aromatic carbocycles. The third-order valence-electron chi connectivity index (χ3n) is 3.86. The van der Waals surface area contributed by atoms with Crippen LogP contribution < -0.4 is 5.32 Å². The first-order chi connectivity index (χ1) is 9.94. The Morgan fingerprint density at radius 1 is 1.43 bits per heavy atom. The van der Waals surface area contributed by atoms with Crippen molar-refractivity contribution in [3.05, 3.63) is 17.5 Å². The molecule has 0 saturated heterocycles. The molecule has 120 valence electrons. The number of carbonyl (C=O) groups excluding carboxylic acids is 1. The van der Waals surface area contributed by atoms with Crippen LogP contribution in [0.3, 0.4) is 0 Å². The van der Waals surface area contributed by atoms with Gasteiger partial charge in [-0.1, -0.05) is 39.3 Å². The summed E-state index contributed by atoms with van der Waals surface area (Å²) in [5.74, 6) is 0.585. The van der Waals surface area contributed by atoms with Crippen LogP contribution in [0.15, 0.2) is 10.6 Å². The zero-order chi connectivity index (χ0) is 15.9. The van der Waals surface area contributed by atoms with Gasteiger partial charge in [-0.2, -0.15) is 0 Å². The standard InChI is InChI=1S/C16H29N3O2/c1-6-9-16(4,12-19(5)8-3)11-17-15(20)14-10-13(7-2)21-18-14/h10H,6-9,11-12H2,1-5H3,(H,17,20). The van der Waals surface area contributed by atoms with E-state index in [1.165, 1.54) is 0 Å². The normalized spacial score (nSPS) is 14.2. The molecular formula is C16H29N3O2. The van der Waals surface area contributed by atoms with E-state index in [0.717, 1.165) is 38.1 Å². The predicted octanol–water partition coefficient (Wildman–Crippen LogP) is 2.72. The zero-order valence-corrected chi connectivity index (χ0v) is 14.0. The summed E-state index contributed by atoms with van der Waals surface area (Å²) in [4.78, 5) is 14.4. The van der Waals surface area contributed by atoms with Crippen molar-refractivity contribution >= 4 is 5.91 Å². The summed E-state index contributed by atoms with van der Waals surface area (Å²) >= 11 is 0. The number of hydrogen-bond donors (Lipinski definition) is 1. The molecular weight excluding hydrogens is 266 g/mol. The van der Waals surface area contributed by atoms with E-state index in [4.69, 9.17) is 4.52 Å². The lowest BCUT2D eigenvalue weighted by molar-refractivity contribution is 0.0906. The van der Waals surface area contributed by atoms with Gasteiger partial charge >= 0.3 is 0 Å². The molecule has 1 atom stereocenters. The molecule has 0 spiro atoms. The van der Waals surface area contributed by atoms with E-state index in [0.29, 0.717) is 12.2 Å². The lowest BCUT2D eigenvalue weighted by Gasteiger charge is -2.33. The van der Waals surface area contributed by atoms with Gasteiger partial charge in [-0.25, -0.2) is 0 Å². The second kappa shape index (κ2) is 8.17. The summed E-state index contributed by atoms with van der Waals surface area (Å²) in [5, 5.41) is 6.82. The van der Waals surface area contributed by atoms with Gasteiger partial charge in [0.05, 0.1) is 0 Å². The molecule has 1 heterocycles. The molecule has 0 aliphatic carbocycles. The molecule has 5 heteroatoms. The van der Waals surface area contributed by atoms with Crippen LogP contribution in [-0.4, -0.2) is 42.6 Å². The largest absolute Gasteiger partial charge is 0.361 e. The Bertz CT molecular complexity index is 444. The van der Waals surface area contributed by atoms with Gasteiger partial charge in [0.2, 0.25) is 0 Å². The zero-order valence-electron chi connectivity index (χ0n) is 14.0. The fourth-order valence-corrected chi connectivity index (χ4v) is 2.56. The molecule has 1 N–H and O–H groups in total. The molecule has 0 saturated carbocycles. The Balaban J connectivity index is 2.61. The second-order valence-electron chi connectivity index (χ2n) is 6.11. The Morgan fingerprint density at radius 2 is 2.14 bits per heavy atom. The molecule has 0 radical (unpaired) electrons. The molecule has 1 aromatic heterocycles. The van der Waals surface area contributed by atoms with Crippen molar-refractivity contribution in [3.8, 4) is 0 Å². The summed E-state index contributed by atoms with van der Waals surface area (Å²) in [6.45, 7) is 11.2. The average Bonchev–Trinajstić information content (AvgIpc) is 2.94. The van der Waals surface area contributed by atoms with E-state index in [1.54, 1.807) is 6.07 Å². The molecule has 5 nitrogen and oxygen atoms in total. The number of nitrogens with zero attached hydrogens (tertiary/aromatic N) is 2. The number of amides is 1. The Labute approximate surface area is 128 Å². The van der Waals surface area contributed by atoms with Crippen LogP contribution in [0.2, 0.25) is 0 Å². The van der Waals surface area contributed by atoms with Crippen molar-refractivity contribution < 1.29 is 9.32 Å². The summed E-state index contributed by atoms with van der Waals surface area (Å²) in [6.07, 6.45) is 2.93. The molecule has 0 aliphatic rings. The summed E-state index contributed by atoms with van der Waals surface area (Å²) in [6, 6.07) is 1.71. The van der Waals surface area contributed by atoms with Crippen molar-refractivity contribution in [2.24, 2.45) is 5.41 Å². The SMILES string of the molecule is CCCC(C)(CNC(=O)c1cc(CC)on1)CN(C)CC. The molecule has 0 aliphatic heterocycles. The van der Waals surface area contributed by atoms with Crippen LogP contribution in [0.1, 0.15) is 56.8 Å². The third-order valence-corrected chi connectivity index (χ3v) is 3.86. The van der Waals surface area contributed by atoms with Crippen LogP contribution in [0.4, 0.5) is 0 Å². The first-order valence-electron chi connectivity index (χ1n) is 7.86. The second-order valence-corrected chi connectivity index (χ2v) is 6.11. The van der Waals surface area contributed by atoms with Crippen molar-refractivity contribution in [3.63, 3.8) is 0 Å². The van der Waals surface area contributed by atoms with Crippen LogP contribution >= 0.6 is 0 Å². The number of carbonyl (C=O) groups is 1. The maximum Gasteiger partial charge on any atom is 0.273 e. The fraction of sp³-hybridized carbons (Fsp3) is 0.750. The van der Waals surface area contributed by atoms with Crippen molar-refractivity contribution in [2.45, 2.75) is 47.0 Å². The molecule has 0 fully saturated rings. The first kappa shape index (κ1) is 17.7. The van der Waals surface area contributed by atoms with Gasteiger partial charge in [0.1, 0.15) is 5.76 Å². The maximum atomic E-state index is 12.1. The van der Waals surface area contributed by atoms with Crippen molar-refractivity contribution in [1.82, 2.24) is 15.4 Å². The molecule has 1 rings (SSSR count). The topological polar surface area (TPSA) is 58.4 Å². The Morgan fingerprint density at radius 3 is 2.67 bits per heavy atom. The lowest BCUT2D eigenvalue weighted by atomic mass is 9.85. The average molecular weight is 295 g/mol. The highest BCUT2D eigenvalue weighted by Gasteiger charge is 2.26. The maximum absolute atomic E-state index is 12.1. The molecule has 1 unspecified atom stereocenters. The van der Waals surface area contributed by atoms with Gasteiger partial charge in [0.15, 0.2) is 5.69 Å². The van der Waals surface area contributed by atoms with E-state index in [9.17, 15) is 4.79 Å². The van der Waals surface area contributed by atoms with E-state index in [2.05, 4.69) is 43.2 Å². The number of hydrogen-bond acceptors (Lipinski definition) is 4. The van der Waals surface area contributed by atoms with Gasteiger partial charge in [-0.15, -0.1) is 0 Å². The highest BCUT2D eigenvalue weighted by molar-refractivity contribution is 5.92. The molecule has 1 aromatic rings. The monoisotopic (exact) mass is 295 g/mol. The van der Waals surface area contributed by atoms with E-state index >= 15 is 0 Å². The minimum Gasteiger partial charge on any atom is -0.361 e. The number of aryl methyl sites for hydroxylation is 1. The van der Waals surface area contributed by atoms with Gasteiger partial charge in [0, 0.05) is 25.6 Å². The van der Waals surface area contributed by atoms with Crippen LogP contribution in [-0.2, 0) is 6.42 Å². The smallest absolute Gasteiger partial charge is 0.273 e. The van der Waals surface area contributed by atoms with E-state index < -0.39 is 0 Å². The number of rotatable bonds is 9. The highest BCUT2D eigenvalue weighted by atomic mass is 16.5. The van der Waals surface area contributed by atoms with Crippen LogP contribution in [0, 0.1) is 5.41 Å². The van der Waals surface area contributed by atoms with Gasteiger partial charge in [0.25, 0.3) is 5.91 Å². The van der Waals surface area contributed by atoms with Crippen molar-refractivity contribution in [2.75, 3.05) is 26.7 Å². The predicted molar refractivity (Wildman–Crippen MR) is 84.4 cm³/mol. The highest BCUT2D eigenvalue weighted by Crippen LogP contribution is 2.23. The number of aromatic nitrogens is 1. The molecule has 1 amide bonds. The summed E-state index contributed by atoms with van der Waals surface area (Å²) in [5.41, 5.74) is 0.446. The summed E-state index contributed by atoms with van der Waals surface area (Å²) in [7, 11) is 2.11. The van der Waals surface area contributed by atoms with E-state index in [1.807, 2.05) is 6.92 Å². The molecule has 0 bridgehead atoms. The van der Waals surface area contributed by atoms with Gasteiger partial charge in [-0.3, -0.25) is 4.79 Å². The lowest BCUT2D eigenvalue weighted by Crippen LogP contribution is -2.42. The third kappa shape index (κ3) is 5.50. The first-order valence-corrected chi connectivity index (χ1v) is 7.86. The molecule has 21 heavy (non-hydrogen) atoms. The van der Waals surface area contributed by atoms with Gasteiger partial charge in [-0.05, 0) is 25.4 Å². The minimum absolute atomic E-state index is 0.0759. The Kier molecular flexibility index (Phi) is 6.89. The van der Waals surface area contributed by atoms with Gasteiger partial charge < -0.3 is 14.7 Å². The Hall–Kier alpha value is -1.36. The quantitative estimate of drug-likeness (QED) is 0.761. The van der Waals surface area contributed by atoms with E-state index in [-0.39, 0.29) is 11.3 Å². The fourth-order valence-electron chi connectivity index (χ4n) is 2.56. The van der Waals surface area contributed by atoms with Crippen LogP contribution in [0.25, 0.3) is 0 Å². The van der Waals surface area contributed by atoms with Crippen LogP contribution in [0.5, 0.6) is 0 Å². The van der Waals surface area contributed by atoms with Crippen molar-refractivity contribution in [1.29, 1.82) is 0 Å². The summed E-state index contributed by atoms with van der Waals surface area (Å²) < 4.78 is 5.08. The minimum atomic E-state index is -0.153.